The monoisotopic (exact) mass is 417 g/mol. The maximum Gasteiger partial charge on any atom is 0.228 e. The number of ketones is 1. The molecule has 0 aromatic heterocycles. The molecule has 3 fully saturated rings. The van der Waals surface area contributed by atoms with Crippen LogP contribution in [-0.4, -0.2) is 61.3 Å². The maximum atomic E-state index is 13.8. The van der Waals surface area contributed by atoms with Crippen LogP contribution in [0.4, 0.5) is 10.1 Å². The van der Waals surface area contributed by atoms with Crippen molar-refractivity contribution in [3.63, 3.8) is 0 Å². The SMILES string of the molecule is COc1cc(F)cc(N2CCN(C(=O)[C@H](C)C[C@@]3(C4CC4)NC(=O)CC3=O)CC2)c1. The lowest BCUT2D eigenvalue weighted by Gasteiger charge is -2.38. The van der Waals surface area contributed by atoms with Crippen LogP contribution in [0.3, 0.4) is 0 Å². The van der Waals surface area contributed by atoms with Crippen molar-refractivity contribution in [3.8, 4) is 5.75 Å². The van der Waals surface area contributed by atoms with Crippen LogP contribution in [0.5, 0.6) is 5.75 Å². The average Bonchev–Trinajstić information content (AvgIpc) is 3.53. The van der Waals surface area contributed by atoms with Crippen molar-refractivity contribution in [3.05, 3.63) is 24.0 Å². The highest BCUT2D eigenvalue weighted by Crippen LogP contribution is 2.46. The minimum absolute atomic E-state index is 0.000414. The smallest absolute Gasteiger partial charge is 0.228 e. The van der Waals surface area contributed by atoms with E-state index in [1.54, 1.807) is 11.0 Å². The van der Waals surface area contributed by atoms with Crippen molar-refractivity contribution in [2.24, 2.45) is 11.8 Å². The summed E-state index contributed by atoms with van der Waals surface area (Å²) < 4.78 is 19.0. The second-order valence-electron chi connectivity index (χ2n) is 8.66. The molecule has 2 atom stereocenters. The van der Waals surface area contributed by atoms with Crippen LogP contribution >= 0.6 is 0 Å². The Bertz CT molecular complexity index is 864. The number of hydrogen-bond donors (Lipinski definition) is 1. The van der Waals surface area contributed by atoms with Crippen LogP contribution < -0.4 is 15.0 Å². The summed E-state index contributed by atoms with van der Waals surface area (Å²) in [6.45, 7) is 4.08. The number of rotatable bonds is 6. The summed E-state index contributed by atoms with van der Waals surface area (Å²) >= 11 is 0. The minimum Gasteiger partial charge on any atom is -0.497 e. The zero-order chi connectivity index (χ0) is 21.5. The molecule has 1 aliphatic carbocycles. The first-order valence-corrected chi connectivity index (χ1v) is 10.5. The molecule has 2 saturated heterocycles. The Balaban J connectivity index is 1.38. The topological polar surface area (TPSA) is 79.0 Å². The van der Waals surface area contributed by atoms with Crippen molar-refractivity contribution in [2.75, 3.05) is 38.2 Å². The molecule has 8 heteroatoms. The first kappa shape index (κ1) is 20.6. The minimum atomic E-state index is -0.855. The largest absolute Gasteiger partial charge is 0.497 e. The van der Waals surface area contributed by atoms with Gasteiger partial charge >= 0.3 is 0 Å². The number of methoxy groups -OCH3 is 1. The van der Waals surface area contributed by atoms with Gasteiger partial charge in [-0.3, -0.25) is 14.4 Å². The van der Waals surface area contributed by atoms with E-state index in [9.17, 15) is 18.8 Å². The van der Waals surface area contributed by atoms with Gasteiger partial charge in [0.1, 0.15) is 17.1 Å². The number of benzene rings is 1. The number of piperazine rings is 1. The number of nitrogens with zero attached hydrogens (tertiary/aromatic N) is 2. The highest BCUT2D eigenvalue weighted by Gasteiger charge is 2.56. The molecule has 162 valence electrons. The summed E-state index contributed by atoms with van der Waals surface area (Å²) in [5, 5.41) is 2.90. The van der Waals surface area contributed by atoms with E-state index in [0.717, 1.165) is 18.5 Å². The summed E-state index contributed by atoms with van der Waals surface area (Å²) in [4.78, 5) is 41.3. The summed E-state index contributed by atoms with van der Waals surface area (Å²) in [5.41, 5.74) is -0.120. The highest BCUT2D eigenvalue weighted by molar-refractivity contribution is 6.10. The number of halogens is 1. The highest BCUT2D eigenvalue weighted by atomic mass is 19.1. The normalized spacial score (nSPS) is 25.3. The Labute approximate surface area is 175 Å². The first-order chi connectivity index (χ1) is 14.3. The number of Topliss-reactive ketones (excluding diaryl/α,β-unsaturated/α-hetero) is 1. The van der Waals surface area contributed by atoms with Crippen molar-refractivity contribution >= 4 is 23.3 Å². The van der Waals surface area contributed by atoms with E-state index in [4.69, 9.17) is 4.74 Å². The van der Waals surface area contributed by atoms with Crippen molar-refractivity contribution < 1.29 is 23.5 Å². The Kier molecular flexibility index (Phi) is 5.42. The Hall–Kier alpha value is -2.64. The average molecular weight is 417 g/mol. The standard InChI is InChI=1S/C22H28FN3O4/c1-14(13-22(15-3-4-15)19(27)12-20(28)24-22)21(29)26-7-5-25(6-8-26)17-9-16(23)10-18(11-17)30-2/h9-11,14-15H,3-8,12-13H2,1-2H3,(H,24,28)/t14-,22+/m1/s1. The number of anilines is 1. The number of nitrogens with one attached hydrogen (secondary N) is 1. The second-order valence-corrected chi connectivity index (χ2v) is 8.66. The summed E-state index contributed by atoms with van der Waals surface area (Å²) in [6, 6.07) is 4.59. The predicted octanol–water partition coefficient (Wildman–Crippen LogP) is 1.75. The number of carbonyl (C=O) groups is 3. The van der Waals surface area contributed by atoms with Gasteiger partial charge in [-0.1, -0.05) is 6.92 Å². The van der Waals surface area contributed by atoms with Gasteiger partial charge < -0.3 is 19.9 Å². The molecule has 2 heterocycles. The van der Waals surface area contributed by atoms with Gasteiger partial charge in [0.15, 0.2) is 5.78 Å². The van der Waals surface area contributed by atoms with Gasteiger partial charge in [-0.2, -0.15) is 0 Å². The predicted molar refractivity (Wildman–Crippen MR) is 109 cm³/mol. The van der Waals surface area contributed by atoms with Crippen LogP contribution in [0.2, 0.25) is 0 Å². The second kappa shape index (κ2) is 7.89. The van der Waals surface area contributed by atoms with Crippen molar-refractivity contribution in [1.29, 1.82) is 0 Å². The van der Waals surface area contributed by atoms with Crippen LogP contribution in [0.1, 0.15) is 32.6 Å². The van der Waals surface area contributed by atoms with Gasteiger partial charge in [-0.25, -0.2) is 4.39 Å². The molecule has 0 unspecified atom stereocenters. The van der Waals surface area contributed by atoms with Crippen molar-refractivity contribution in [2.45, 2.75) is 38.1 Å². The molecule has 30 heavy (non-hydrogen) atoms. The third-order valence-electron chi connectivity index (χ3n) is 6.55. The molecule has 0 spiro atoms. The summed E-state index contributed by atoms with van der Waals surface area (Å²) in [6.07, 6.45) is 2.13. The van der Waals surface area contributed by atoms with Crippen LogP contribution in [0.15, 0.2) is 18.2 Å². The van der Waals surface area contributed by atoms with E-state index >= 15 is 0 Å². The Morgan fingerprint density at radius 2 is 1.93 bits per heavy atom. The molecular weight excluding hydrogens is 389 g/mol. The summed E-state index contributed by atoms with van der Waals surface area (Å²) in [5.74, 6) is -0.387. The molecule has 0 bridgehead atoms. The van der Waals surface area contributed by atoms with E-state index < -0.39 is 5.54 Å². The lowest BCUT2D eigenvalue weighted by atomic mass is 9.81. The van der Waals surface area contributed by atoms with Gasteiger partial charge in [0.25, 0.3) is 0 Å². The zero-order valence-corrected chi connectivity index (χ0v) is 17.4. The number of amides is 2. The van der Waals surface area contributed by atoms with Crippen LogP contribution in [0.25, 0.3) is 0 Å². The number of carbonyl (C=O) groups excluding carboxylic acids is 3. The maximum absolute atomic E-state index is 13.8. The molecule has 0 radical (unpaired) electrons. The number of ether oxygens (including phenoxy) is 1. The fourth-order valence-electron chi connectivity index (χ4n) is 4.82. The zero-order valence-electron chi connectivity index (χ0n) is 17.4. The molecule has 2 amide bonds. The first-order valence-electron chi connectivity index (χ1n) is 10.5. The summed E-state index contributed by atoms with van der Waals surface area (Å²) in [7, 11) is 1.50. The fourth-order valence-corrected chi connectivity index (χ4v) is 4.82. The van der Waals surface area contributed by atoms with E-state index in [1.807, 2.05) is 11.8 Å². The molecule has 1 saturated carbocycles. The van der Waals surface area contributed by atoms with Crippen molar-refractivity contribution in [1.82, 2.24) is 10.2 Å². The van der Waals surface area contributed by atoms with Crippen LogP contribution in [0, 0.1) is 17.7 Å². The lowest BCUT2D eigenvalue weighted by Crippen LogP contribution is -2.54. The van der Waals surface area contributed by atoms with E-state index in [0.29, 0.717) is 38.3 Å². The molecule has 4 rings (SSSR count). The molecular formula is C22H28FN3O4. The van der Waals surface area contributed by atoms with Gasteiger partial charge in [-0.15, -0.1) is 0 Å². The van der Waals surface area contributed by atoms with Gasteiger partial charge in [0, 0.05) is 49.9 Å². The molecule has 2 aliphatic heterocycles. The molecule has 3 aliphatic rings. The fraction of sp³-hybridized carbons (Fsp3) is 0.591. The van der Waals surface area contributed by atoms with Gasteiger partial charge in [0.2, 0.25) is 11.8 Å². The molecule has 1 aromatic rings. The Morgan fingerprint density at radius 1 is 1.23 bits per heavy atom. The quantitative estimate of drug-likeness (QED) is 0.714. The van der Waals surface area contributed by atoms with E-state index in [1.165, 1.54) is 19.2 Å². The lowest BCUT2D eigenvalue weighted by molar-refractivity contribution is -0.137. The van der Waals surface area contributed by atoms with Crippen LogP contribution in [-0.2, 0) is 14.4 Å². The Morgan fingerprint density at radius 3 is 2.50 bits per heavy atom. The van der Waals surface area contributed by atoms with Gasteiger partial charge in [-0.05, 0) is 31.2 Å². The number of hydrogen-bond acceptors (Lipinski definition) is 5. The third kappa shape index (κ3) is 3.87. The van der Waals surface area contributed by atoms with Gasteiger partial charge in [0.05, 0.1) is 13.5 Å². The third-order valence-corrected chi connectivity index (χ3v) is 6.55. The molecule has 1 aromatic carbocycles. The molecule has 7 nitrogen and oxygen atoms in total. The molecule has 1 N–H and O–H groups in total. The van der Waals surface area contributed by atoms with E-state index in [2.05, 4.69) is 5.32 Å². The van der Waals surface area contributed by atoms with E-state index in [-0.39, 0.29) is 41.7 Å².